The van der Waals surface area contributed by atoms with Gasteiger partial charge in [0.05, 0.1) is 16.5 Å². The van der Waals surface area contributed by atoms with Crippen LogP contribution in [0.2, 0.25) is 0 Å². The summed E-state index contributed by atoms with van der Waals surface area (Å²) in [5, 5.41) is 9.02. The quantitative estimate of drug-likeness (QED) is 0.601. The number of aryl methyl sites for hydroxylation is 1. The molecule has 7 nitrogen and oxygen atoms in total. The molecule has 29 heavy (non-hydrogen) atoms. The van der Waals surface area contributed by atoms with Crippen LogP contribution >= 0.6 is 0 Å². The number of hydrogen-bond donors (Lipinski definition) is 0. The third-order valence-electron chi connectivity index (χ3n) is 4.36. The number of halogens is 2. The number of Topliss-reactive ketones (excluding diaryl/α,β-unsaturated/α-hetero) is 1. The first-order chi connectivity index (χ1) is 13.6. The molecule has 148 valence electrons. The Bertz CT molecular complexity index is 1310. The number of carbonyl (C=O) groups excluding carboxylic acids is 1. The van der Waals surface area contributed by atoms with Gasteiger partial charge in [-0.05, 0) is 31.2 Å². The number of carbonyl (C=O) groups is 1. The maximum Gasteiger partial charge on any atom is 0.586 e. The van der Waals surface area contributed by atoms with Crippen LogP contribution in [0.1, 0.15) is 22.5 Å². The molecule has 0 saturated heterocycles. The van der Waals surface area contributed by atoms with Crippen LogP contribution in [0.3, 0.4) is 0 Å². The summed E-state index contributed by atoms with van der Waals surface area (Å²) < 4.78 is 62.9. The van der Waals surface area contributed by atoms with Crippen molar-refractivity contribution in [2.75, 3.05) is 0 Å². The summed E-state index contributed by atoms with van der Waals surface area (Å²) in [6.45, 7) is 1.78. The molecule has 10 heteroatoms. The van der Waals surface area contributed by atoms with Gasteiger partial charge in [0.25, 0.3) is 10.0 Å². The summed E-state index contributed by atoms with van der Waals surface area (Å²) in [6.07, 6.45) is -4.42. The SMILES string of the molecule is Cc1ccc(S(=O)(=O)n2c(C(=O)CC#N)cc3cc4c(cc32)OC(F)(F)O4)cc1. The minimum Gasteiger partial charge on any atom is -0.395 e. The summed E-state index contributed by atoms with van der Waals surface area (Å²) in [5.74, 6) is -1.38. The number of ketones is 1. The predicted octanol–water partition coefficient (Wildman–Crippen LogP) is 3.60. The van der Waals surface area contributed by atoms with Crippen molar-refractivity contribution in [3.05, 3.63) is 53.7 Å². The van der Waals surface area contributed by atoms with Gasteiger partial charge in [-0.2, -0.15) is 5.26 Å². The van der Waals surface area contributed by atoms with Gasteiger partial charge in [0, 0.05) is 11.5 Å². The zero-order valence-electron chi connectivity index (χ0n) is 14.8. The fourth-order valence-electron chi connectivity index (χ4n) is 3.06. The molecule has 0 fully saturated rings. The Morgan fingerprint density at radius 1 is 1.14 bits per heavy atom. The number of fused-ring (bicyclic) bond motifs is 2. The van der Waals surface area contributed by atoms with Gasteiger partial charge in [0.2, 0.25) is 0 Å². The van der Waals surface area contributed by atoms with Crippen LogP contribution in [0.5, 0.6) is 11.5 Å². The minimum atomic E-state index is -4.28. The van der Waals surface area contributed by atoms with E-state index in [-0.39, 0.29) is 33.0 Å². The fraction of sp³-hybridized carbons (Fsp3) is 0.158. The number of ether oxygens (including phenoxy) is 2. The predicted molar refractivity (Wildman–Crippen MR) is 96.5 cm³/mol. The van der Waals surface area contributed by atoms with E-state index in [9.17, 15) is 22.0 Å². The van der Waals surface area contributed by atoms with Crippen molar-refractivity contribution in [3.63, 3.8) is 0 Å². The molecule has 0 unspecified atom stereocenters. The van der Waals surface area contributed by atoms with E-state index in [0.29, 0.717) is 0 Å². The Balaban J connectivity index is 2.00. The lowest BCUT2D eigenvalue weighted by Crippen LogP contribution is -2.25. The molecule has 1 aliphatic heterocycles. The Hall–Kier alpha value is -3.45. The summed E-state index contributed by atoms with van der Waals surface area (Å²) in [6, 6.07) is 11.1. The number of nitrogens with zero attached hydrogens (tertiary/aromatic N) is 2. The van der Waals surface area contributed by atoms with Crippen LogP contribution in [-0.4, -0.2) is 24.5 Å². The van der Waals surface area contributed by atoms with E-state index in [2.05, 4.69) is 9.47 Å². The lowest BCUT2D eigenvalue weighted by molar-refractivity contribution is -0.286. The maximum absolute atomic E-state index is 13.4. The van der Waals surface area contributed by atoms with Crippen molar-refractivity contribution in [3.8, 4) is 17.6 Å². The van der Waals surface area contributed by atoms with Crippen molar-refractivity contribution in [2.24, 2.45) is 0 Å². The van der Waals surface area contributed by atoms with Crippen LogP contribution in [0.15, 0.2) is 47.4 Å². The molecule has 0 N–H and O–H groups in total. The molecule has 1 aliphatic rings. The van der Waals surface area contributed by atoms with E-state index in [4.69, 9.17) is 5.26 Å². The van der Waals surface area contributed by atoms with Crippen LogP contribution in [0.25, 0.3) is 10.9 Å². The highest BCUT2D eigenvalue weighted by Gasteiger charge is 2.44. The first-order valence-corrected chi connectivity index (χ1v) is 9.74. The van der Waals surface area contributed by atoms with Gasteiger partial charge in [-0.3, -0.25) is 4.79 Å². The lowest BCUT2D eigenvalue weighted by atomic mass is 10.2. The molecule has 0 aliphatic carbocycles. The molecule has 2 aromatic carbocycles. The van der Waals surface area contributed by atoms with E-state index in [1.54, 1.807) is 25.1 Å². The Morgan fingerprint density at radius 3 is 2.38 bits per heavy atom. The fourth-order valence-corrected chi connectivity index (χ4v) is 4.58. The average molecular weight is 418 g/mol. The highest BCUT2D eigenvalue weighted by Crippen LogP contribution is 2.44. The number of benzene rings is 2. The third kappa shape index (κ3) is 3.09. The molecule has 0 spiro atoms. The number of nitriles is 1. The summed E-state index contributed by atoms with van der Waals surface area (Å²) in [4.78, 5) is 12.3. The van der Waals surface area contributed by atoms with Crippen LogP contribution < -0.4 is 9.47 Å². The van der Waals surface area contributed by atoms with Gasteiger partial charge in [-0.25, -0.2) is 12.4 Å². The number of aromatic nitrogens is 1. The highest BCUT2D eigenvalue weighted by atomic mass is 32.2. The van der Waals surface area contributed by atoms with E-state index >= 15 is 0 Å². The van der Waals surface area contributed by atoms with Gasteiger partial charge >= 0.3 is 6.29 Å². The first-order valence-electron chi connectivity index (χ1n) is 8.30. The average Bonchev–Trinajstić information content (AvgIpc) is 3.15. The standard InChI is InChI=1S/C19H12F2N2O5S/c1-11-2-4-13(5-3-11)29(25,26)23-14-10-18-17(27-19(20,21)28-18)9-12(14)8-15(23)16(24)6-7-22/h2-5,8-10H,6H2,1H3. The second kappa shape index (κ2) is 6.28. The Kier molecular flexibility index (Phi) is 4.09. The molecule has 0 radical (unpaired) electrons. The van der Waals surface area contributed by atoms with Crippen molar-refractivity contribution in [2.45, 2.75) is 24.5 Å². The second-order valence-electron chi connectivity index (χ2n) is 6.40. The summed E-state index contributed by atoms with van der Waals surface area (Å²) in [5.41, 5.74) is 0.511. The van der Waals surface area contributed by atoms with Gasteiger partial charge in [0.1, 0.15) is 12.1 Å². The number of rotatable bonds is 4. The molecule has 0 atom stereocenters. The molecule has 4 rings (SSSR count). The van der Waals surface area contributed by atoms with Gasteiger partial charge in [-0.15, -0.1) is 8.78 Å². The highest BCUT2D eigenvalue weighted by molar-refractivity contribution is 7.90. The molecule has 3 aromatic rings. The molecule has 0 bridgehead atoms. The largest absolute Gasteiger partial charge is 0.586 e. The lowest BCUT2D eigenvalue weighted by Gasteiger charge is -2.11. The van der Waals surface area contributed by atoms with Crippen molar-refractivity contribution >= 4 is 26.7 Å². The van der Waals surface area contributed by atoms with Crippen molar-refractivity contribution < 1.29 is 31.5 Å². The van der Waals surface area contributed by atoms with Gasteiger partial charge in [-0.1, -0.05) is 17.7 Å². The van der Waals surface area contributed by atoms with Crippen LogP contribution in [0.4, 0.5) is 8.78 Å². The minimum absolute atomic E-state index is 0.0492. The van der Waals surface area contributed by atoms with Crippen LogP contribution in [0, 0.1) is 18.3 Å². The second-order valence-corrected chi connectivity index (χ2v) is 8.18. The Morgan fingerprint density at radius 2 is 1.76 bits per heavy atom. The smallest absolute Gasteiger partial charge is 0.395 e. The van der Waals surface area contributed by atoms with Crippen molar-refractivity contribution in [1.29, 1.82) is 5.26 Å². The maximum atomic E-state index is 13.4. The van der Waals surface area contributed by atoms with Gasteiger partial charge < -0.3 is 9.47 Å². The third-order valence-corrected chi connectivity index (χ3v) is 6.11. The molecular formula is C19H12F2N2O5S. The zero-order valence-corrected chi connectivity index (χ0v) is 15.7. The van der Waals surface area contributed by atoms with E-state index < -0.39 is 28.5 Å². The van der Waals surface area contributed by atoms with E-state index in [0.717, 1.165) is 21.7 Å². The molecule has 0 amide bonds. The van der Waals surface area contributed by atoms with E-state index in [1.165, 1.54) is 18.2 Å². The number of hydrogen-bond acceptors (Lipinski definition) is 6. The molecule has 2 heterocycles. The number of alkyl halides is 2. The van der Waals surface area contributed by atoms with Crippen LogP contribution in [-0.2, 0) is 10.0 Å². The van der Waals surface area contributed by atoms with E-state index in [1.807, 2.05) is 0 Å². The monoisotopic (exact) mass is 418 g/mol. The first kappa shape index (κ1) is 18.9. The normalized spacial score (nSPS) is 14.7. The topological polar surface area (TPSA) is 98.4 Å². The van der Waals surface area contributed by atoms with Crippen molar-refractivity contribution in [1.82, 2.24) is 3.97 Å². The Labute approximate surface area is 163 Å². The molecular weight excluding hydrogens is 406 g/mol. The molecule has 1 aromatic heterocycles. The summed E-state index contributed by atoms with van der Waals surface area (Å²) in [7, 11) is -4.28. The summed E-state index contributed by atoms with van der Waals surface area (Å²) >= 11 is 0. The zero-order chi connectivity index (χ0) is 21.0. The van der Waals surface area contributed by atoms with Gasteiger partial charge in [0.15, 0.2) is 17.3 Å². The molecule has 0 saturated carbocycles.